The van der Waals surface area contributed by atoms with Crippen molar-refractivity contribution in [3.63, 3.8) is 0 Å². The molecule has 0 spiro atoms. The molecule has 184 valence electrons. The van der Waals surface area contributed by atoms with Gasteiger partial charge in [0, 0.05) is 18.7 Å². The lowest BCUT2D eigenvalue weighted by Crippen LogP contribution is -2.59. The van der Waals surface area contributed by atoms with E-state index in [0.717, 1.165) is 35.3 Å². The lowest BCUT2D eigenvalue weighted by atomic mass is 9.75. The zero-order valence-corrected chi connectivity index (χ0v) is 20.4. The third-order valence-electron chi connectivity index (χ3n) is 7.99. The average Bonchev–Trinajstić information content (AvgIpc) is 3.34. The Morgan fingerprint density at radius 2 is 1.71 bits per heavy atom. The van der Waals surface area contributed by atoms with Gasteiger partial charge in [0.15, 0.2) is 0 Å². The average molecular weight is 479 g/mol. The zero-order chi connectivity index (χ0) is 24.9. The second kappa shape index (κ2) is 8.68. The summed E-state index contributed by atoms with van der Waals surface area (Å²) in [4.78, 5) is 43.2. The van der Waals surface area contributed by atoms with Crippen molar-refractivity contribution in [2.75, 3.05) is 34.9 Å². The normalized spacial score (nSPS) is 28.0. The number of hydrogen-bond acceptors (Lipinski definition) is 7. The third-order valence-corrected chi connectivity index (χ3v) is 7.99. The summed E-state index contributed by atoms with van der Waals surface area (Å²) in [5.41, 5.74) is 1.57. The fourth-order valence-corrected chi connectivity index (χ4v) is 6.40. The van der Waals surface area contributed by atoms with Crippen LogP contribution in [-0.2, 0) is 19.1 Å². The number of imide groups is 1. The Balaban J connectivity index is 1.63. The number of carbonyl (C=O) groups is 3. The Morgan fingerprint density at radius 1 is 0.971 bits per heavy atom. The van der Waals surface area contributed by atoms with Crippen LogP contribution in [0.25, 0.3) is 11.1 Å². The third kappa shape index (κ3) is 3.26. The van der Waals surface area contributed by atoms with Crippen molar-refractivity contribution in [1.82, 2.24) is 9.80 Å². The molecule has 3 fully saturated rings. The second-order valence-corrected chi connectivity index (χ2v) is 9.44. The number of methoxy groups -OCH3 is 3. The highest BCUT2D eigenvalue weighted by Gasteiger charge is 2.72. The lowest BCUT2D eigenvalue weighted by Gasteiger charge is -2.44. The number of esters is 1. The maximum atomic E-state index is 13.4. The molecule has 2 aromatic rings. The summed E-state index contributed by atoms with van der Waals surface area (Å²) in [5.74, 6) is -0.984. The fourth-order valence-electron chi connectivity index (χ4n) is 6.40. The van der Waals surface area contributed by atoms with E-state index in [1.165, 1.54) is 19.1 Å². The van der Waals surface area contributed by atoms with Gasteiger partial charge < -0.3 is 14.2 Å². The van der Waals surface area contributed by atoms with Crippen LogP contribution in [0, 0.1) is 11.8 Å². The van der Waals surface area contributed by atoms with Gasteiger partial charge in [0.1, 0.15) is 17.0 Å². The molecule has 35 heavy (non-hydrogen) atoms. The molecule has 3 saturated heterocycles. The van der Waals surface area contributed by atoms with Crippen LogP contribution in [-0.4, -0.2) is 68.0 Å². The van der Waals surface area contributed by atoms with E-state index in [4.69, 9.17) is 14.2 Å². The van der Waals surface area contributed by atoms with Gasteiger partial charge >= 0.3 is 5.97 Å². The van der Waals surface area contributed by atoms with E-state index in [1.807, 2.05) is 42.5 Å². The molecule has 3 aliphatic rings. The van der Waals surface area contributed by atoms with Crippen molar-refractivity contribution in [2.24, 2.45) is 11.8 Å². The second-order valence-electron chi connectivity index (χ2n) is 9.44. The van der Waals surface area contributed by atoms with Crippen molar-refractivity contribution in [3.05, 3.63) is 48.0 Å². The van der Waals surface area contributed by atoms with E-state index in [2.05, 4.69) is 4.90 Å². The molecule has 8 nitrogen and oxygen atoms in total. The number of likely N-dealkylation sites (tertiary alicyclic amines) is 1. The highest BCUT2D eigenvalue weighted by Crippen LogP contribution is 2.58. The first kappa shape index (κ1) is 23.4. The van der Waals surface area contributed by atoms with Crippen molar-refractivity contribution in [2.45, 2.75) is 30.8 Å². The van der Waals surface area contributed by atoms with E-state index < -0.39 is 29.4 Å². The Kier molecular flexibility index (Phi) is 5.79. The van der Waals surface area contributed by atoms with Crippen molar-refractivity contribution in [1.29, 1.82) is 0 Å². The molecule has 2 aromatic carbocycles. The molecule has 5 rings (SSSR count). The molecule has 0 N–H and O–H groups in total. The molecule has 3 heterocycles. The molecule has 4 atom stereocenters. The van der Waals surface area contributed by atoms with Crippen LogP contribution in [0.3, 0.4) is 0 Å². The monoisotopic (exact) mass is 478 g/mol. The van der Waals surface area contributed by atoms with E-state index in [0.29, 0.717) is 18.7 Å². The Labute approximate surface area is 204 Å². The zero-order valence-electron chi connectivity index (χ0n) is 20.4. The van der Waals surface area contributed by atoms with E-state index in [-0.39, 0.29) is 11.8 Å². The van der Waals surface area contributed by atoms with Gasteiger partial charge in [-0.2, -0.15) is 0 Å². The number of piperidine rings is 1. The van der Waals surface area contributed by atoms with Gasteiger partial charge in [-0.25, -0.2) is 0 Å². The predicted molar refractivity (Wildman–Crippen MR) is 128 cm³/mol. The maximum absolute atomic E-state index is 13.4. The molecule has 2 amide bonds. The molecule has 3 aliphatic heterocycles. The van der Waals surface area contributed by atoms with Gasteiger partial charge in [-0.1, -0.05) is 24.3 Å². The number of carbonyl (C=O) groups excluding carboxylic acids is 3. The Morgan fingerprint density at radius 3 is 2.37 bits per heavy atom. The number of ether oxygens (including phenoxy) is 3. The van der Waals surface area contributed by atoms with Crippen LogP contribution in [0.1, 0.15) is 30.9 Å². The number of amides is 2. The SMILES string of the molecule is COC(=O)[C@@]12CCCCN1C(c1ccc(-c3ccc(OC)cc3)c(OC)c1)C1C(=O)N(C)C(=O)C12. The smallest absolute Gasteiger partial charge is 0.327 e. The van der Waals surface area contributed by atoms with E-state index in [9.17, 15) is 14.4 Å². The first-order valence-corrected chi connectivity index (χ1v) is 11.9. The number of hydrogen-bond donors (Lipinski definition) is 0. The Hall–Kier alpha value is -3.39. The number of rotatable bonds is 5. The summed E-state index contributed by atoms with van der Waals surface area (Å²) < 4.78 is 16.3. The molecule has 0 aliphatic carbocycles. The topological polar surface area (TPSA) is 85.4 Å². The summed E-state index contributed by atoms with van der Waals surface area (Å²) in [6, 6.07) is 13.1. The summed E-state index contributed by atoms with van der Waals surface area (Å²) in [7, 11) is 6.09. The largest absolute Gasteiger partial charge is 0.497 e. The van der Waals surface area contributed by atoms with E-state index in [1.54, 1.807) is 14.2 Å². The minimum atomic E-state index is -1.14. The van der Waals surface area contributed by atoms with Crippen LogP contribution < -0.4 is 9.47 Å². The first-order chi connectivity index (χ1) is 16.9. The number of benzene rings is 2. The number of nitrogens with zero attached hydrogens (tertiary/aromatic N) is 2. The Bertz CT molecular complexity index is 1180. The molecule has 0 saturated carbocycles. The van der Waals surface area contributed by atoms with Crippen molar-refractivity contribution >= 4 is 17.8 Å². The molecular formula is C27H30N2O6. The van der Waals surface area contributed by atoms with Gasteiger partial charge in [0.25, 0.3) is 0 Å². The summed E-state index contributed by atoms with van der Waals surface area (Å²) >= 11 is 0. The number of fused-ring (bicyclic) bond motifs is 3. The highest BCUT2D eigenvalue weighted by atomic mass is 16.5. The first-order valence-electron chi connectivity index (χ1n) is 11.9. The highest BCUT2D eigenvalue weighted by molar-refractivity contribution is 6.09. The quantitative estimate of drug-likeness (QED) is 0.482. The predicted octanol–water partition coefficient (Wildman–Crippen LogP) is 3.05. The van der Waals surface area contributed by atoms with Gasteiger partial charge in [-0.3, -0.25) is 24.2 Å². The minimum Gasteiger partial charge on any atom is -0.497 e. The molecule has 0 aromatic heterocycles. The van der Waals surface area contributed by atoms with Crippen LogP contribution in [0.15, 0.2) is 42.5 Å². The van der Waals surface area contributed by atoms with Gasteiger partial charge in [0.05, 0.1) is 33.2 Å². The standard InChI is InChI=1S/C27H30N2O6/c1-28-24(30)21-22(25(28)31)27(26(32)35-4)13-5-6-14-29(27)23(21)17-9-12-19(20(15-17)34-3)16-7-10-18(33-2)11-8-16/h7-12,15,21-23H,5-6,13-14H2,1-4H3/t21?,22?,23?,27-/m0/s1. The van der Waals surface area contributed by atoms with Crippen LogP contribution in [0.4, 0.5) is 0 Å². The van der Waals surface area contributed by atoms with Crippen molar-refractivity contribution in [3.8, 4) is 22.6 Å². The minimum absolute atomic E-state index is 0.249. The molecule has 0 bridgehead atoms. The van der Waals surface area contributed by atoms with Crippen LogP contribution >= 0.6 is 0 Å². The van der Waals surface area contributed by atoms with Crippen LogP contribution in [0.2, 0.25) is 0 Å². The van der Waals surface area contributed by atoms with Gasteiger partial charge in [-0.05, 0) is 55.1 Å². The molecule has 0 radical (unpaired) electrons. The summed E-state index contributed by atoms with van der Waals surface area (Å²) in [6.45, 7) is 0.611. The molecule has 8 heteroatoms. The summed E-state index contributed by atoms with van der Waals surface area (Å²) in [5, 5.41) is 0. The van der Waals surface area contributed by atoms with Gasteiger partial charge in [-0.15, -0.1) is 0 Å². The van der Waals surface area contributed by atoms with Crippen molar-refractivity contribution < 1.29 is 28.6 Å². The van der Waals surface area contributed by atoms with Gasteiger partial charge in [0.2, 0.25) is 11.8 Å². The summed E-state index contributed by atoms with van der Waals surface area (Å²) in [6.07, 6.45) is 2.17. The van der Waals surface area contributed by atoms with Crippen LogP contribution in [0.5, 0.6) is 11.5 Å². The fraction of sp³-hybridized carbons (Fsp3) is 0.444. The maximum Gasteiger partial charge on any atom is 0.327 e. The lowest BCUT2D eigenvalue weighted by molar-refractivity contribution is -0.163. The molecular weight excluding hydrogens is 448 g/mol. The molecule has 3 unspecified atom stereocenters. The van der Waals surface area contributed by atoms with E-state index >= 15 is 0 Å².